The first-order valence-corrected chi connectivity index (χ1v) is 6.92. The van der Waals surface area contributed by atoms with Crippen LogP contribution in [0.4, 0.5) is 8.78 Å². The first-order valence-electron chi connectivity index (χ1n) is 6.92. The van der Waals surface area contributed by atoms with E-state index in [2.05, 4.69) is 12.2 Å². The first-order chi connectivity index (χ1) is 9.54. The van der Waals surface area contributed by atoms with Crippen LogP contribution in [0.15, 0.2) is 18.2 Å². The number of carbonyl (C=O) groups excluding carboxylic acids is 1. The van der Waals surface area contributed by atoms with Crippen molar-refractivity contribution in [2.75, 3.05) is 6.61 Å². The second kappa shape index (κ2) is 6.68. The van der Waals surface area contributed by atoms with Crippen LogP contribution >= 0.6 is 0 Å². The summed E-state index contributed by atoms with van der Waals surface area (Å²) in [6.07, 6.45) is 4.21. The largest absolute Gasteiger partial charge is 0.484 e. The quantitative estimate of drug-likeness (QED) is 0.922. The van der Waals surface area contributed by atoms with Gasteiger partial charge >= 0.3 is 0 Å². The Labute approximate surface area is 117 Å². The third kappa shape index (κ3) is 4.18. The first kappa shape index (κ1) is 14.8. The zero-order chi connectivity index (χ0) is 14.5. The maximum absolute atomic E-state index is 13.0. The van der Waals surface area contributed by atoms with Gasteiger partial charge in [0.1, 0.15) is 5.75 Å². The number of ether oxygens (including phenoxy) is 1. The van der Waals surface area contributed by atoms with Crippen molar-refractivity contribution in [3.8, 4) is 5.75 Å². The van der Waals surface area contributed by atoms with Crippen molar-refractivity contribution in [2.45, 2.75) is 38.6 Å². The topological polar surface area (TPSA) is 38.3 Å². The molecule has 1 fully saturated rings. The van der Waals surface area contributed by atoms with Gasteiger partial charge in [-0.15, -0.1) is 0 Å². The summed E-state index contributed by atoms with van der Waals surface area (Å²) < 4.78 is 30.8. The maximum atomic E-state index is 13.0. The van der Waals surface area contributed by atoms with Gasteiger partial charge < -0.3 is 10.1 Å². The second-order valence-electron chi connectivity index (χ2n) is 5.39. The van der Waals surface area contributed by atoms with Crippen molar-refractivity contribution in [2.24, 2.45) is 5.92 Å². The van der Waals surface area contributed by atoms with Crippen molar-refractivity contribution in [1.82, 2.24) is 5.32 Å². The average molecular weight is 283 g/mol. The van der Waals surface area contributed by atoms with Gasteiger partial charge in [-0.1, -0.05) is 6.92 Å². The molecule has 3 nitrogen and oxygen atoms in total. The van der Waals surface area contributed by atoms with E-state index in [0.717, 1.165) is 43.7 Å². The summed E-state index contributed by atoms with van der Waals surface area (Å²) in [5.41, 5.74) is 0. The fraction of sp³-hybridized carbons (Fsp3) is 0.533. The van der Waals surface area contributed by atoms with Gasteiger partial charge in [-0.2, -0.15) is 0 Å². The molecule has 1 amide bonds. The van der Waals surface area contributed by atoms with Gasteiger partial charge in [0, 0.05) is 12.1 Å². The van der Waals surface area contributed by atoms with Gasteiger partial charge in [-0.05, 0) is 43.7 Å². The normalized spacial score (nSPS) is 22.4. The zero-order valence-electron chi connectivity index (χ0n) is 11.5. The Bertz CT molecular complexity index is 471. The lowest BCUT2D eigenvalue weighted by molar-refractivity contribution is -0.124. The van der Waals surface area contributed by atoms with Crippen LogP contribution in [0.5, 0.6) is 5.75 Å². The summed E-state index contributed by atoms with van der Waals surface area (Å²) in [5, 5.41) is 2.90. The molecule has 0 atom stereocenters. The minimum atomic E-state index is -0.982. The number of halogens is 2. The smallest absolute Gasteiger partial charge is 0.258 e. The van der Waals surface area contributed by atoms with E-state index in [9.17, 15) is 13.6 Å². The molecule has 1 N–H and O–H groups in total. The van der Waals surface area contributed by atoms with Gasteiger partial charge in [-0.3, -0.25) is 4.79 Å². The summed E-state index contributed by atoms with van der Waals surface area (Å²) in [6.45, 7) is 2.03. The highest BCUT2D eigenvalue weighted by Gasteiger charge is 2.19. The monoisotopic (exact) mass is 283 g/mol. The highest BCUT2D eigenvalue weighted by Crippen LogP contribution is 2.23. The van der Waals surface area contributed by atoms with E-state index in [1.807, 2.05) is 0 Å². The Hall–Kier alpha value is -1.65. The van der Waals surface area contributed by atoms with Crippen molar-refractivity contribution in [3.05, 3.63) is 29.8 Å². The van der Waals surface area contributed by atoms with Crippen molar-refractivity contribution in [3.63, 3.8) is 0 Å². The van der Waals surface area contributed by atoms with Gasteiger partial charge in [0.05, 0.1) is 0 Å². The summed E-state index contributed by atoms with van der Waals surface area (Å²) in [6, 6.07) is 3.41. The average Bonchev–Trinajstić information content (AvgIpc) is 2.43. The number of rotatable bonds is 4. The predicted molar refractivity (Wildman–Crippen MR) is 71.4 cm³/mol. The van der Waals surface area contributed by atoms with E-state index in [1.165, 1.54) is 6.07 Å². The minimum absolute atomic E-state index is 0.149. The van der Waals surface area contributed by atoms with Crippen LogP contribution in [0.25, 0.3) is 0 Å². The van der Waals surface area contributed by atoms with Crippen molar-refractivity contribution < 1.29 is 18.3 Å². The summed E-state index contributed by atoms with van der Waals surface area (Å²) >= 11 is 0. The molecule has 0 bridgehead atoms. The maximum Gasteiger partial charge on any atom is 0.258 e. The van der Waals surface area contributed by atoms with Crippen LogP contribution in [0, 0.1) is 17.6 Å². The molecule has 1 aromatic rings. The molecule has 5 heteroatoms. The Kier molecular flexibility index (Phi) is 4.93. The van der Waals surface area contributed by atoms with Gasteiger partial charge in [0.2, 0.25) is 0 Å². The molecular weight excluding hydrogens is 264 g/mol. The van der Waals surface area contributed by atoms with E-state index in [-0.39, 0.29) is 24.3 Å². The van der Waals surface area contributed by atoms with Gasteiger partial charge in [-0.25, -0.2) is 8.78 Å². The number of amides is 1. The van der Waals surface area contributed by atoms with Crippen LogP contribution in [-0.2, 0) is 4.79 Å². The van der Waals surface area contributed by atoms with Crippen LogP contribution in [0.3, 0.4) is 0 Å². The zero-order valence-corrected chi connectivity index (χ0v) is 11.5. The lowest BCUT2D eigenvalue weighted by Crippen LogP contribution is -2.39. The molecule has 0 spiro atoms. The molecule has 0 aliphatic heterocycles. The molecule has 2 rings (SSSR count). The van der Waals surface area contributed by atoms with E-state index < -0.39 is 11.6 Å². The molecule has 20 heavy (non-hydrogen) atoms. The number of benzene rings is 1. The fourth-order valence-electron chi connectivity index (χ4n) is 2.39. The lowest BCUT2D eigenvalue weighted by atomic mass is 9.87. The third-order valence-corrected chi connectivity index (χ3v) is 3.64. The highest BCUT2D eigenvalue weighted by atomic mass is 19.2. The number of hydrogen-bond donors (Lipinski definition) is 1. The van der Waals surface area contributed by atoms with Crippen LogP contribution in [0.1, 0.15) is 32.6 Å². The molecule has 0 unspecified atom stereocenters. The summed E-state index contributed by atoms with van der Waals surface area (Å²) in [7, 11) is 0. The lowest BCUT2D eigenvalue weighted by Gasteiger charge is -2.26. The van der Waals surface area contributed by atoms with E-state index in [0.29, 0.717) is 0 Å². The van der Waals surface area contributed by atoms with Crippen molar-refractivity contribution in [1.29, 1.82) is 0 Å². The molecule has 0 radical (unpaired) electrons. The second-order valence-corrected chi connectivity index (χ2v) is 5.39. The highest BCUT2D eigenvalue weighted by molar-refractivity contribution is 5.77. The number of carbonyl (C=O) groups is 1. The van der Waals surface area contributed by atoms with Crippen LogP contribution in [-0.4, -0.2) is 18.6 Å². The van der Waals surface area contributed by atoms with E-state index in [4.69, 9.17) is 4.74 Å². The molecule has 0 aromatic heterocycles. The van der Waals surface area contributed by atoms with Gasteiger partial charge in [0.25, 0.3) is 5.91 Å². The molecule has 1 aliphatic carbocycles. The number of nitrogens with one attached hydrogen (secondary N) is 1. The van der Waals surface area contributed by atoms with E-state index >= 15 is 0 Å². The van der Waals surface area contributed by atoms with Crippen LogP contribution in [0.2, 0.25) is 0 Å². The summed E-state index contributed by atoms with van der Waals surface area (Å²) in [5.74, 6) is -1.27. The van der Waals surface area contributed by atoms with Crippen molar-refractivity contribution >= 4 is 5.91 Å². The molecule has 1 aromatic carbocycles. The standard InChI is InChI=1S/C15H19F2NO2/c1-10-2-4-11(5-3-10)18-15(19)9-20-12-6-7-13(16)14(17)8-12/h6-8,10-11H,2-5,9H2,1H3,(H,18,19). The van der Waals surface area contributed by atoms with Crippen LogP contribution < -0.4 is 10.1 Å². The number of hydrogen-bond acceptors (Lipinski definition) is 2. The molecule has 1 saturated carbocycles. The minimum Gasteiger partial charge on any atom is -0.484 e. The fourth-order valence-corrected chi connectivity index (χ4v) is 2.39. The molecule has 110 valence electrons. The molecule has 0 heterocycles. The molecular formula is C15H19F2NO2. The predicted octanol–water partition coefficient (Wildman–Crippen LogP) is 3.04. The van der Waals surface area contributed by atoms with Gasteiger partial charge in [0.15, 0.2) is 18.2 Å². The van der Waals surface area contributed by atoms with E-state index in [1.54, 1.807) is 0 Å². The summed E-state index contributed by atoms with van der Waals surface area (Å²) in [4.78, 5) is 11.7. The molecule has 1 aliphatic rings. The Balaban J connectivity index is 1.76. The Morgan fingerprint density at radius 2 is 1.95 bits per heavy atom. The SMILES string of the molecule is CC1CCC(NC(=O)COc2ccc(F)c(F)c2)CC1. The molecule has 0 saturated heterocycles. The third-order valence-electron chi connectivity index (χ3n) is 3.64. The Morgan fingerprint density at radius 1 is 1.25 bits per heavy atom. The Morgan fingerprint density at radius 3 is 2.60 bits per heavy atom.